The molecule has 0 radical (unpaired) electrons. The Morgan fingerprint density at radius 3 is 2.19 bits per heavy atom. The summed E-state index contributed by atoms with van der Waals surface area (Å²) >= 11 is 0. The molecule has 1 aliphatic heterocycles. The van der Waals surface area contributed by atoms with E-state index in [1.807, 2.05) is 20.8 Å². The van der Waals surface area contributed by atoms with Crippen LogP contribution in [0.1, 0.15) is 59.3 Å². The van der Waals surface area contributed by atoms with E-state index in [-0.39, 0.29) is 11.5 Å². The van der Waals surface area contributed by atoms with Gasteiger partial charge in [0.15, 0.2) is 0 Å². The SMILES string of the molecule is CC(C)(C)OC(=O)CCC1(N)CN[C@@H]2CCCC[C@H]2NC1. The van der Waals surface area contributed by atoms with E-state index in [0.29, 0.717) is 24.9 Å². The molecule has 21 heavy (non-hydrogen) atoms. The van der Waals surface area contributed by atoms with Crippen molar-refractivity contribution in [3.05, 3.63) is 0 Å². The molecule has 0 unspecified atom stereocenters. The maximum atomic E-state index is 11.9. The molecule has 0 aromatic heterocycles. The van der Waals surface area contributed by atoms with Crippen molar-refractivity contribution in [2.45, 2.75) is 82.5 Å². The van der Waals surface area contributed by atoms with Crippen LogP contribution < -0.4 is 16.4 Å². The zero-order valence-electron chi connectivity index (χ0n) is 13.7. The van der Waals surface area contributed by atoms with Crippen LogP contribution in [-0.4, -0.2) is 42.3 Å². The fourth-order valence-electron chi connectivity index (χ4n) is 3.27. The van der Waals surface area contributed by atoms with E-state index in [1.165, 1.54) is 25.7 Å². The molecule has 0 aromatic carbocycles. The smallest absolute Gasteiger partial charge is 0.306 e. The molecule has 1 aliphatic carbocycles. The molecule has 2 fully saturated rings. The summed E-state index contributed by atoms with van der Waals surface area (Å²) in [5.74, 6) is -0.158. The zero-order valence-corrected chi connectivity index (χ0v) is 13.7. The van der Waals surface area contributed by atoms with Gasteiger partial charge >= 0.3 is 5.97 Å². The quantitative estimate of drug-likeness (QED) is 0.685. The Balaban J connectivity index is 1.83. The Morgan fingerprint density at radius 2 is 1.71 bits per heavy atom. The molecular weight excluding hydrogens is 266 g/mol. The molecule has 1 saturated carbocycles. The van der Waals surface area contributed by atoms with Gasteiger partial charge in [0.05, 0.1) is 0 Å². The number of carbonyl (C=O) groups is 1. The summed E-state index contributed by atoms with van der Waals surface area (Å²) in [7, 11) is 0. The van der Waals surface area contributed by atoms with Crippen LogP contribution in [0.15, 0.2) is 0 Å². The van der Waals surface area contributed by atoms with Crippen molar-refractivity contribution >= 4 is 5.97 Å². The number of rotatable bonds is 3. The molecule has 1 heterocycles. The van der Waals surface area contributed by atoms with Crippen LogP contribution in [0.3, 0.4) is 0 Å². The molecule has 2 rings (SSSR count). The Bertz CT molecular complexity index is 349. The first-order valence-electron chi connectivity index (χ1n) is 8.25. The first-order valence-corrected chi connectivity index (χ1v) is 8.25. The number of carbonyl (C=O) groups excluding carboxylic acids is 1. The van der Waals surface area contributed by atoms with E-state index in [0.717, 1.165) is 13.1 Å². The lowest BCUT2D eigenvalue weighted by molar-refractivity contribution is -0.155. The monoisotopic (exact) mass is 297 g/mol. The number of nitrogens with one attached hydrogen (secondary N) is 2. The van der Waals surface area contributed by atoms with Crippen LogP contribution in [0.25, 0.3) is 0 Å². The predicted octanol–water partition coefficient (Wildman–Crippen LogP) is 1.31. The molecule has 0 aromatic rings. The highest BCUT2D eigenvalue weighted by atomic mass is 16.6. The predicted molar refractivity (Wildman–Crippen MR) is 84.0 cm³/mol. The van der Waals surface area contributed by atoms with Crippen molar-refractivity contribution in [2.75, 3.05) is 13.1 Å². The second-order valence-electron chi connectivity index (χ2n) is 7.71. The molecule has 5 nitrogen and oxygen atoms in total. The lowest BCUT2D eigenvalue weighted by Gasteiger charge is -2.30. The van der Waals surface area contributed by atoms with Gasteiger partial charge in [-0.25, -0.2) is 0 Å². The minimum Gasteiger partial charge on any atom is -0.460 e. The van der Waals surface area contributed by atoms with Crippen LogP contribution in [0.4, 0.5) is 0 Å². The standard InChI is InChI=1S/C16H31N3O2/c1-15(2,3)21-14(20)8-9-16(17)10-18-12-6-4-5-7-13(12)19-11-16/h12-13,18-19H,4-11,17H2,1-3H3/t12-,13-/m1/s1. The van der Waals surface area contributed by atoms with Gasteiger partial charge in [-0.15, -0.1) is 0 Å². The topological polar surface area (TPSA) is 76.4 Å². The van der Waals surface area contributed by atoms with Gasteiger partial charge in [0.2, 0.25) is 0 Å². The van der Waals surface area contributed by atoms with Crippen LogP contribution >= 0.6 is 0 Å². The van der Waals surface area contributed by atoms with E-state index in [9.17, 15) is 4.79 Å². The second-order valence-corrected chi connectivity index (χ2v) is 7.71. The molecule has 5 heteroatoms. The van der Waals surface area contributed by atoms with Gasteiger partial charge in [-0.2, -0.15) is 0 Å². The van der Waals surface area contributed by atoms with Gasteiger partial charge in [-0.3, -0.25) is 4.79 Å². The summed E-state index contributed by atoms with van der Waals surface area (Å²) in [6, 6.07) is 1.07. The molecule has 2 atom stereocenters. The van der Waals surface area contributed by atoms with E-state index in [1.54, 1.807) is 0 Å². The summed E-state index contributed by atoms with van der Waals surface area (Å²) in [6.45, 7) is 7.21. The minimum atomic E-state index is -0.423. The Hall–Kier alpha value is -0.650. The maximum absolute atomic E-state index is 11.9. The van der Waals surface area contributed by atoms with E-state index in [4.69, 9.17) is 10.5 Å². The van der Waals surface area contributed by atoms with E-state index in [2.05, 4.69) is 10.6 Å². The summed E-state index contributed by atoms with van der Waals surface area (Å²) in [6.07, 6.45) is 6.07. The highest BCUT2D eigenvalue weighted by molar-refractivity contribution is 5.70. The van der Waals surface area contributed by atoms with Crippen LogP contribution in [-0.2, 0) is 9.53 Å². The molecule has 1 saturated heterocycles. The molecule has 0 bridgehead atoms. The van der Waals surface area contributed by atoms with Crippen molar-refractivity contribution in [1.29, 1.82) is 0 Å². The number of ether oxygens (including phenoxy) is 1. The van der Waals surface area contributed by atoms with Crippen molar-refractivity contribution < 1.29 is 9.53 Å². The third-order valence-electron chi connectivity index (χ3n) is 4.45. The Kier molecular flexibility index (Phi) is 5.28. The number of hydrogen-bond donors (Lipinski definition) is 3. The fourth-order valence-corrected chi connectivity index (χ4v) is 3.27. The summed E-state index contributed by atoms with van der Waals surface area (Å²) in [5.41, 5.74) is 5.70. The average molecular weight is 297 g/mol. The molecule has 0 spiro atoms. The molecule has 122 valence electrons. The van der Waals surface area contributed by atoms with Crippen LogP contribution in [0.5, 0.6) is 0 Å². The largest absolute Gasteiger partial charge is 0.460 e. The molecule has 2 aliphatic rings. The second kappa shape index (κ2) is 6.63. The first kappa shape index (κ1) is 16.7. The first-order chi connectivity index (χ1) is 9.77. The van der Waals surface area contributed by atoms with Crippen molar-refractivity contribution in [3.63, 3.8) is 0 Å². The number of fused-ring (bicyclic) bond motifs is 1. The van der Waals surface area contributed by atoms with Crippen molar-refractivity contribution in [2.24, 2.45) is 5.73 Å². The lowest BCUT2D eigenvalue weighted by atomic mass is 9.91. The summed E-state index contributed by atoms with van der Waals surface area (Å²) in [5, 5.41) is 7.21. The molecular formula is C16H31N3O2. The van der Waals surface area contributed by atoms with Gasteiger partial charge in [-0.05, 0) is 40.0 Å². The van der Waals surface area contributed by atoms with Crippen LogP contribution in [0.2, 0.25) is 0 Å². The van der Waals surface area contributed by atoms with Gasteiger partial charge < -0.3 is 21.1 Å². The van der Waals surface area contributed by atoms with E-state index >= 15 is 0 Å². The van der Waals surface area contributed by atoms with Crippen molar-refractivity contribution in [3.8, 4) is 0 Å². The van der Waals surface area contributed by atoms with Gasteiger partial charge in [0.1, 0.15) is 5.60 Å². The number of esters is 1. The highest BCUT2D eigenvalue weighted by Gasteiger charge is 2.35. The van der Waals surface area contributed by atoms with E-state index < -0.39 is 5.60 Å². The minimum absolute atomic E-state index is 0.158. The third kappa shape index (κ3) is 5.24. The van der Waals surface area contributed by atoms with Gasteiger partial charge in [0, 0.05) is 37.1 Å². The summed E-state index contributed by atoms with van der Waals surface area (Å²) < 4.78 is 5.36. The summed E-state index contributed by atoms with van der Waals surface area (Å²) in [4.78, 5) is 11.9. The third-order valence-corrected chi connectivity index (χ3v) is 4.45. The van der Waals surface area contributed by atoms with Crippen LogP contribution in [0, 0.1) is 0 Å². The Labute approximate surface area is 128 Å². The number of hydrogen-bond acceptors (Lipinski definition) is 5. The lowest BCUT2D eigenvalue weighted by Crippen LogP contribution is -2.53. The molecule has 4 N–H and O–H groups in total. The highest BCUT2D eigenvalue weighted by Crippen LogP contribution is 2.23. The zero-order chi connectivity index (χ0) is 15.5. The molecule has 0 amide bonds. The normalized spacial score (nSPS) is 29.3. The fraction of sp³-hybridized carbons (Fsp3) is 0.938. The Morgan fingerprint density at radius 1 is 1.19 bits per heavy atom. The van der Waals surface area contributed by atoms with Crippen molar-refractivity contribution in [1.82, 2.24) is 10.6 Å². The van der Waals surface area contributed by atoms with Gasteiger partial charge in [0.25, 0.3) is 0 Å². The maximum Gasteiger partial charge on any atom is 0.306 e. The number of nitrogens with two attached hydrogens (primary N) is 1. The van der Waals surface area contributed by atoms with Gasteiger partial charge in [-0.1, -0.05) is 12.8 Å². The average Bonchev–Trinajstić information content (AvgIpc) is 2.56.